The van der Waals surface area contributed by atoms with E-state index in [1.807, 2.05) is 43.3 Å². The van der Waals surface area contributed by atoms with Crippen molar-refractivity contribution in [3.63, 3.8) is 0 Å². The van der Waals surface area contributed by atoms with Gasteiger partial charge >= 0.3 is 0 Å². The zero-order valence-corrected chi connectivity index (χ0v) is 8.49. The van der Waals surface area contributed by atoms with E-state index in [2.05, 4.69) is 0 Å². The van der Waals surface area contributed by atoms with E-state index in [1.54, 1.807) is 0 Å². The van der Waals surface area contributed by atoms with Crippen LogP contribution in [-0.4, -0.2) is 12.4 Å². The van der Waals surface area contributed by atoms with E-state index < -0.39 is 0 Å². The first-order valence-electron chi connectivity index (χ1n) is 4.58. The molecule has 1 aromatic rings. The summed E-state index contributed by atoms with van der Waals surface area (Å²) in [5.74, 6) is 0.779. The van der Waals surface area contributed by atoms with Crippen LogP contribution in [0.2, 0.25) is 0 Å². The Balaban J connectivity index is 2.79. The molecule has 2 nitrogen and oxygen atoms in total. The molecule has 1 rings (SSSR count). The summed E-state index contributed by atoms with van der Waals surface area (Å²) in [6, 6.07) is 7.65. The molecule has 74 valence electrons. The molecular weight excluding hydrogens is 176 g/mol. The first kappa shape index (κ1) is 10.5. The van der Waals surface area contributed by atoms with Crippen LogP contribution in [0.3, 0.4) is 0 Å². The van der Waals surface area contributed by atoms with Gasteiger partial charge in [-0.2, -0.15) is 0 Å². The van der Waals surface area contributed by atoms with E-state index in [0.29, 0.717) is 0 Å². The summed E-state index contributed by atoms with van der Waals surface area (Å²) < 4.78 is 5.35. The standard InChI is InChI=1S/C12H14O2/c1-3-6-11-7-4-5-8-12(11)14-9-10(2)13/h3-8H,9H2,1-2H3/b6-3+. The molecule has 0 saturated heterocycles. The fourth-order valence-electron chi connectivity index (χ4n) is 1.11. The van der Waals surface area contributed by atoms with Crippen LogP contribution in [0.1, 0.15) is 19.4 Å². The summed E-state index contributed by atoms with van der Waals surface area (Å²) >= 11 is 0. The molecule has 0 bridgehead atoms. The monoisotopic (exact) mass is 190 g/mol. The number of Topliss-reactive ketones (excluding diaryl/α,β-unsaturated/α-hetero) is 1. The first-order valence-corrected chi connectivity index (χ1v) is 4.58. The maximum Gasteiger partial charge on any atom is 0.167 e. The van der Waals surface area contributed by atoms with E-state index in [0.717, 1.165) is 11.3 Å². The third-order valence-corrected chi connectivity index (χ3v) is 1.70. The summed E-state index contributed by atoms with van der Waals surface area (Å²) in [5.41, 5.74) is 0.997. The zero-order valence-electron chi connectivity index (χ0n) is 8.49. The molecule has 0 aliphatic carbocycles. The van der Waals surface area contributed by atoms with Crippen LogP contribution >= 0.6 is 0 Å². The quantitative estimate of drug-likeness (QED) is 0.729. The number of allylic oxidation sites excluding steroid dienone is 1. The fraction of sp³-hybridized carbons (Fsp3) is 0.250. The van der Waals surface area contributed by atoms with Gasteiger partial charge in [0.25, 0.3) is 0 Å². The van der Waals surface area contributed by atoms with Gasteiger partial charge in [-0.1, -0.05) is 30.4 Å². The van der Waals surface area contributed by atoms with Crippen molar-refractivity contribution in [1.82, 2.24) is 0 Å². The number of benzene rings is 1. The SMILES string of the molecule is C/C=C/c1ccccc1OCC(C)=O. The van der Waals surface area contributed by atoms with E-state index in [4.69, 9.17) is 4.74 Å². The summed E-state index contributed by atoms with van der Waals surface area (Å²) in [6.07, 6.45) is 3.89. The van der Waals surface area contributed by atoms with E-state index in [1.165, 1.54) is 6.92 Å². The average Bonchev–Trinajstić information content (AvgIpc) is 2.17. The van der Waals surface area contributed by atoms with E-state index in [9.17, 15) is 4.79 Å². The zero-order chi connectivity index (χ0) is 10.4. The Labute approximate surface area is 84.2 Å². The molecule has 0 fully saturated rings. The maximum absolute atomic E-state index is 10.7. The van der Waals surface area contributed by atoms with Gasteiger partial charge in [-0.25, -0.2) is 0 Å². The van der Waals surface area contributed by atoms with Crippen LogP contribution in [0.25, 0.3) is 6.08 Å². The van der Waals surface area contributed by atoms with Crippen molar-refractivity contribution in [3.8, 4) is 5.75 Å². The minimum Gasteiger partial charge on any atom is -0.485 e. The second kappa shape index (κ2) is 5.22. The third-order valence-electron chi connectivity index (χ3n) is 1.70. The second-order valence-electron chi connectivity index (χ2n) is 3.03. The Morgan fingerprint density at radius 3 is 2.79 bits per heavy atom. The molecule has 0 aliphatic rings. The van der Waals surface area contributed by atoms with Crippen molar-refractivity contribution in [2.24, 2.45) is 0 Å². The summed E-state index contributed by atoms with van der Waals surface area (Å²) in [5, 5.41) is 0. The number of hydrogen-bond acceptors (Lipinski definition) is 2. The third kappa shape index (κ3) is 3.05. The lowest BCUT2D eigenvalue weighted by molar-refractivity contribution is -0.118. The lowest BCUT2D eigenvalue weighted by atomic mass is 10.2. The summed E-state index contributed by atoms with van der Waals surface area (Å²) in [7, 11) is 0. The highest BCUT2D eigenvalue weighted by Gasteiger charge is 2.00. The Bertz CT molecular complexity index is 340. The molecule has 0 aliphatic heterocycles. The maximum atomic E-state index is 10.7. The fourth-order valence-corrected chi connectivity index (χ4v) is 1.11. The molecule has 0 spiro atoms. The molecule has 0 radical (unpaired) electrons. The van der Waals surface area contributed by atoms with Crippen molar-refractivity contribution in [3.05, 3.63) is 35.9 Å². The highest BCUT2D eigenvalue weighted by molar-refractivity contribution is 5.77. The molecule has 2 heteroatoms. The molecule has 1 aromatic carbocycles. The number of ketones is 1. The molecule has 0 atom stereocenters. The number of rotatable bonds is 4. The average molecular weight is 190 g/mol. The van der Waals surface area contributed by atoms with Gasteiger partial charge in [-0.15, -0.1) is 0 Å². The molecule has 0 saturated carbocycles. The van der Waals surface area contributed by atoms with Crippen molar-refractivity contribution < 1.29 is 9.53 Å². The van der Waals surface area contributed by atoms with Crippen LogP contribution in [0, 0.1) is 0 Å². The van der Waals surface area contributed by atoms with Crippen molar-refractivity contribution in [2.45, 2.75) is 13.8 Å². The molecule has 0 amide bonds. The van der Waals surface area contributed by atoms with Gasteiger partial charge in [0.1, 0.15) is 12.4 Å². The van der Waals surface area contributed by atoms with Gasteiger partial charge in [0.2, 0.25) is 0 Å². The minimum atomic E-state index is 0.0280. The number of carbonyl (C=O) groups is 1. The molecule has 0 N–H and O–H groups in total. The Kier molecular flexibility index (Phi) is 3.92. The van der Waals surface area contributed by atoms with Gasteiger partial charge in [-0.3, -0.25) is 4.79 Å². The highest BCUT2D eigenvalue weighted by atomic mass is 16.5. The number of hydrogen-bond donors (Lipinski definition) is 0. The van der Waals surface area contributed by atoms with Crippen LogP contribution in [-0.2, 0) is 4.79 Å². The molecule has 0 heterocycles. The predicted molar refractivity (Wildman–Crippen MR) is 57.3 cm³/mol. The molecule has 0 aromatic heterocycles. The van der Waals surface area contributed by atoms with Gasteiger partial charge in [-0.05, 0) is 19.9 Å². The van der Waals surface area contributed by atoms with Gasteiger partial charge in [0, 0.05) is 5.56 Å². The van der Waals surface area contributed by atoms with Crippen molar-refractivity contribution in [2.75, 3.05) is 6.61 Å². The number of carbonyl (C=O) groups excluding carboxylic acids is 1. The lowest BCUT2D eigenvalue weighted by Crippen LogP contribution is -2.07. The predicted octanol–water partition coefficient (Wildman–Crippen LogP) is 2.69. The van der Waals surface area contributed by atoms with Crippen LogP contribution in [0.5, 0.6) is 5.75 Å². The van der Waals surface area contributed by atoms with Crippen LogP contribution < -0.4 is 4.74 Å². The summed E-state index contributed by atoms with van der Waals surface area (Å²) in [6.45, 7) is 3.59. The second-order valence-corrected chi connectivity index (χ2v) is 3.03. The minimum absolute atomic E-state index is 0.0280. The molecule has 0 unspecified atom stereocenters. The number of para-hydroxylation sites is 1. The van der Waals surface area contributed by atoms with E-state index >= 15 is 0 Å². The largest absolute Gasteiger partial charge is 0.485 e. The Hall–Kier alpha value is -1.57. The highest BCUT2D eigenvalue weighted by Crippen LogP contribution is 2.19. The first-order chi connectivity index (χ1) is 6.74. The number of ether oxygens (including phenoxy) is 1. The van der Waals surface area contributed by atoms with Gasteiger partial charge in [0.15, 0.2) is 5.78 Å². The normalized spacial score (nSPS) is 10.4. The van der Waals surface area contributed by atoms with Crippen molar-refractivity contribution in [1.29, 1.82) is 0 Å². The van der Waals surface area contributed by atoms with E-state index in [-0.39, 0.29) is 12.4 Å². The summed E-state index contributed by atoms with van der Waals surface area (Å²) in [4.78, 5) is 10.7. The van der Waals surface area contributed by atoms with Gasteiger partial charge < -0.3 is 4.74 Å². The van der Waals surface area contributed by atoms with Crippen LogP contribution in [0.4, 0.5) is 0 Å². The Morgan fingerprint density at radius 2 is 2.14 bits per heavy atom. The topological polar surface area (TPSA) is 26.3 Å². The van der Waals surface area contributed by atoms with Gasteiger partial charge in [0.05, 0.1) is 0 Å². The molecular formula is C12H14O2. The molecule has 14 heavy (non-hydrogen) atoms. The van der Waals surface area contributed by atoms with Crippen LogP contribution in [0.15, 0.2) is 30.3 Å². The Morgan fingerprint density at radius 1 is 1.43 bits per heavy atom. The lowest BCUT2D eigenvalue weighted by Gasteiger charge is -2.06. The smallest absolute Gasteiger partial charge is 0.167 e. The van der Waals surface area contributed by atoms with Crippen molar-refractivity contribution >= 4 is 11.9 Å².